The molecular formula is C6H9NO3. The van der Waals surface area contributed by atoms with Gasteiger partial charge in [-0.2, -0.15) is 0 Å². The van der Waals surface area contributed by atoms with E-state index < -0.39 is 11.7 Å². The average Bonchev–Trinajstić information content (AvgIpc) is 1.82. The van der Waals surface area contributed by atoms with Crippen LogP contribution in [0.2, 0.25) is 0 Å². The Balaban J connectivity index is 3.60. The Bertz CT molecular complexity index is 174. The van der Waals surface area contributed by atoms with E-state index in [0.29, 0.717) is 0 Å². The standard InChI is InChI=1S/C6H9NO3/c1-4(8)3-7-6(10)5(2)9/h3H2,1-2H3,(H,7,10). The van der Waals surface area contributed by atoms with Crippen LogP contribution in [0.15, 0.2) is 0 Å². The lowest BCUT2D eigenvalue weighted by atomic mass is 10.4. The van der Waals surface area contributed by atoms with Crippen LogP contribution in [0.5, 0.6) is 0 Å². The van der Waals surface area contributed by atoms with E-state index in [1.807, 2.05) is 0 Å². The number of carbonyl (C=O) groups excluding carboxylic acids is 3. The largest absolute Gasteiger partial charge is 0.342 e. The van der Waals surface area contributed by atoms with Crippen molar-refractivity contribution in [3.05, 3.63) is 0 Å². The van der Waals surface area contributed by atoms with Gasteiger partial charge in [0.15, 0.2) is 0 Å². The minimum Gasteiger partial charge on any atom is -0.342 e. The average molecular weight is 143 g/mol. The summed E-state index contributed by atoms with van der Waals surface area (Å²) in [6, 6.07) is 0. The van der Waals surface area contributed by atoms with Gasteiger partial charge in [0.2, 0.25) is 5.78 Å². The number of amides is 1. The van der Waals surface area contributed by atoms with Gasteiger partial charge in [-0.3, -0.25) is 14.4 Å². The fourth-order valence-corrected chi connectivity index (χ4v) is 0.329. The molecule has 0 saturated carbocycles. The van der Waals surface area contributed by atoms with Crippen molar-refractivity contribution in [2.45, 2.75) is 13.8 Å². The molecule has 4 heteroatoms. The summed E-state index contributed by atoms with van der Waals surface area (Å²) in [5.41, 5.74) is 0. The first-order valence-electron chi connectivity index (χ1n) is 2.82. The van der Waals surface area contributed by atoms with Gasteiger partial charge in [-0.25, -0.2) is 0 Å². The number of ketones is 2. The maximum absolute atomic E-state index is 10.4. The number of carbonyl (C=O) groups is 3. The van der Waals surface area contributed by atoms with Crippen molar-refractivity contribution in [3.8, 4) is 0 Å². The minimum absolute atomic E-state index is 0.0710. The first-order valence-corrected chi connectivity index (χ1v) is 2.82. The molecule has 0 rings (SSSR count). The molecule has 0 atom stereocenters. The summed E-state index contributed by atoms with van der Waals surface area (Å²) in [6.07, 6.45) is 0. The van der Waals surface area contributed by atoms with E-state index in [4.69, 9.17) is 0 Å². The molecule has 0 aliphatic carbocycles. The molecule has 4 nitrogen and oxygen atoms in total. The summed E-state index contributed by atoms with van der Waals surface area (Å²) in [5, 5.41) is 2.14. The molecule has 0 aromatic rings. The molecular weight excluding hydrogens is 134 g/mol. The van der Waals surface area contributed by atoms with Gasteiger partial charge in [0.05, 0.1) is 6.54 Å². The Morgan fingerprint density at radius 3 is 2.00 bits per heavy atom. The van der Waals surface area contributed by atoms with Crippen molar-refractivity contribution < 1.29 is 14.4 Å². The smallest absolute Gasteiger partial charge is 0.287 e. The highest BCUT2D eigenvalue weighted by atomic mass is 16.2. The van der Waals surface area contributed by atoms with E-state index in [1.54, 1.807) is 0 Å². The molecule has 10 heavy (non-hydrogen) atoms. The molecule has 0 aromatic carbocycles. The van der Waals surface area contributed by atoms with Crippen molar-refractivity contribution in [3.63, 3.8) is 0 Å². The Kier molecular flexibility index (Phi) is 3.32. The van der Waals surface area contributed by atoms with Gasteiger partial charge >= 0.3 is 0 Å². The van der Waals surface area contributed by atoms with Crippen LogP contribution in [0.1, 0.15) is 13.8 Å². The van der Waals surface area contributed by atoms with Crippen molar-refractivity contribution in [2.24, 2.45) is 0 Å². The molecule has 56 valence electrons. The normalized spacial score (nSPS) is 8.60. The molecule has 0 spiro atoms. The highest BCUT2D eigenvalue weighted by molar-refractivity contribution is 6.35. The Labute approximate surface area is 58.6 Å². The first-order chi connectivity index (χ1) is 4.54. The van der Waals surface area contributed by atoms with Gasteiger partial charge < -0.3 is 5.32 Å². The zero-order chi connectivity index (χ0) is 8.15. The van der Waals surface area contributed by atoms with E-state index >= 15 is 0 Å². The van der Waals surface area contributed by atoms with E-state index in [-0.39, 0.29) is 12.3 Å². The van der Waals surface area contributed by atoms with Crippen molar-refractivity contribution in [1.29, 1.82) is 0 Å². The topological polar surface area (TPSA) is 63.2 Å². The lowest BCUT2D eigenvalue weighted by molar-refractivity contribution is -0.137. The second kappa shape index (κ2) is 3.76. The maximum Gasteiger partial charge on any atom is 0.287 e. The third kappa shape index (κ3) is 3.77. The van der Waals surface area contributed by atoms with Crippen LogP contribution in [0.3, 0.4) is 0 Å². The summed E-state index contributed by atoms with van der Waals surface area (Å²) in [4.78, 5) is 30.9. The number of hydrogen-bond donors (Lipinski definition) is 1. The molecule has 0 unspecified atom stereocenters. The summed E-state index contributed by atoms with van der Waals surface area (Å²) in [7, 11) is 0. The van der Waals surface area contributed by atoms with Gasteiger partial charge in [-0.15, -0.1) is 0 Å². The molecule has 0 aliphatic heterocycles. The van der Waals surface area contributed by atoms with Crippen LogP contribution in [-0.2, 0) is 14.4 Å². The zero-order valence-electron chi connectivity index (χ0n) is 5.93. The van der Waals surface area contributed by atoms with Gasteiger partial charge in [-0.1, -0.05) is 0 Å². The van der Waals surface area contributed by atoms with E-state index in [1.165, 1.54) is 6.92 Å². The van der Waals surface area contributed by atoms with Crippen molar-refractivity contribution in [2.75, 3.05) is 6.54 Å². The molecule has 0 fully saturated rings. The summed E-state index contributed by atoms with van der Waals surface area (Å²) in [5.74, 6) is -1.47. The van der Waals surface area contributed by atoms with Crippen LogP contribution >= 0.6 is 0 Å². The summed E-state index contributed by atoms with van der Waals surface area (Å²) in [6.45, 7) is 2.41. The minimum atomic E-state index is -0.713. The maximum atomic E-state index is 10.4. The van der Waals surface area contributed by atoms with Gasteiger partial charge in [0.25, 0.3) is 5.91 Å². The third-order valence-corrected chi connectivity index (χ3v) is 0.818. The van der Waals surface area contributed by atoms with Gasteiger partial charge in [-0.05, 0) is 6.92 Å². The molecule has 0 radical (unpaired) electrons. The Morgan fingerprint density at radius 2 is 1.70 bits per heavy atom. The lowest BCUT2D eigenvalue weighted by Gasteiger charge is -1.96. The zero-order valence-corrected chi connectivity index (χ0v) is 5.93. The van der Waals surface area contributed by atoms with Crippen LogP contribution in [0.25, 0.3) is 0 Å². The second-order valence-corrected chi connectivity index (χ2v) is 1.94. The SMILES string of the molecule is CC(=O)CNC(=O)C(C)=O. The Morgan fingerprint density at radius 1 is 1.20 bits per heavy atom. The van der Waals surface area contributed by atoms with Crippen LogP contribution in [-0.4, -0.2) is 24.0 Å². The fraction of sp³-hybridized carbons (Fsp3) is 0.500. The number of rotatable bonds is 3. The first kappa shape index (κ1) is 8.81. The number of Topliss-reactive ketones (excluding diaryl/α,β-unsaturated/α-hetero) is 2. The van der Waals surface area contributed by atoms with E-state index in [9.17, 15) is 14.4 Å². The van der Waals surface area contributed by atoms with E-state index in [0.717, 1.165) is 6.92 Å². The summed E-state index contributed by atoms with van der Waals surface area (Å²) >= 11 is 0. The molecule has 1 N–H and O–H groups in total. The quantitative estimate of drug-likeness (QED) is 0.530. The van der Waals surface area contributed by atoms with Crippen LogP contribution < -0.4 is 5.32 Å². The molecule has 0 heterocycles. The van der Waals surface area contributed by atoms with Crippen LogP contribution in [0, 0.1) is 0 Å². The summed E-state index contributed by atoms with van der Waals surface area (Å²) < 4.78 is 0. The fourth-order valence-electron chi connectivity index (χ4n) is 0.329. The monoisotopic (exact) mass is 143 g/mol. The van der Waals surface area contributed by atoms with Crippen molar-refractivity contribution in [1.82, 2.24) is 5.32 Å². The molecule has 1 amide bonds. The number of nitrogens with one attached hydrogen (secondary N) is 1. The van der Waals surface area contributed by atoms with Crippen molar-refractivity contribution >= 4 is 17.5 Å². The molecule has 0 aromatic heterocycles. The highest BCUT2D eigenvalue weighted by Gasteiger charge is 2.05. The van der Waals surface area contributed by atoms with Crippen LogP contribution in [0.4, 0.5) is 0 Å². The molecule has 0 bridgehead atoms. The third-order valence-electron chi connectivity index (χ3n) is 0.818. The molecule has 0 saturated heterocycles. The lowest BCUT2D eigenvalue weighted by Crippen LogP contribution is -2.32. The molecule has 0 aliphatic rings. The predicted octanol–water partition coefficient (Wildman–Crippen LogP) is -0.719. The highest BCUT2D eigenvalue weighted by Crippen LogP contribution is 1.70. The van der Waals surface area contributed by atoms with E-state index in [2.05, 4.69) is 5.32 Å². The number of hydrogen-bond acceptors (Lipinski definition) is 3. The predicted molar refractivity (Wildman–Crippen MR) is 34.4 cm³/mol. The second-order valence-electron chi connectivity index (χ2n) is 1.94. The Hall–Kier alpha value is -1.19. The van der Waals surface area contributed by atoms with Gasteiger partial charge in [0, 0.05) is 6.92 Å². The van der Waals surface area contributed by atoms with Gasteiger partial charge in [0.1, 0.15) is 5.78 Å².